The van der Waals surface area contributed by atoms with Gasteiger partial charge in [0.05, 0.1) is 17.2 Å². The van der Waals surface area contributed by atoms with Crippen LogP contribution in [0.5, 0.6) is 5.75 Å². The van der Waals surface area contributed by atoms with Crippen molar-refractivity contribution >= 4 is 33.0 Å². The molecule has 1 aliphatic heterocycles. The highest BCUT2D eigenvalue weighted by molar-refractivity contribution is 7.22. The molecule has 19 heavy (non-hydrogen) atoms. The van der Waals surface area contributed by atoms with E-state index in [4.69, 9.17) is 16.3 Å². The van der Waals surface area contributed by atoms with Gasteiger partial charge in [0.2, 0.25) is 0 Å². The molecule has 3 heterocycles. The van der Waals surface area contributed by atoms with E-state index in [2.05, 4.69) is 22.1 Å². The normalized spacial score (nSPS) is 13.5. The molecular formula is C14H9ClN2OS. The van der Waals surface area contributed by atoms with Crippen molar-refractivity contribution in [3.05, 3.63) is 41.3 Å². The third-order valence-corrected chi connectivity index (χ3v) is 4.74. The SMILES string of the molecule is Clc1ncnc2c1CCOc1c-2sc2ccccc12. The van der Waals surface area contributed by atoms with Crippen molar-refractivity contribution in [2.24, 2.45) is 0 Å². The molecule has 3 nitrogen and oxygen atoms in total. The quantitative estimate of drug-likeness (QED) is 0.588. The fraction of sp³-hybridized carbons (Fsp3) is 0.143. The van der Waals surface area contributed by atoms with Gasteiger partial charge in [-0.3, -0.25) is 0 Å². The zero-order valence-corrected chi connectivity index (χ0v) is 11.5. The summed E-state index contributed by atoms with van der Waals surface area (Å²) in [4.78, 5) is 9.53. The zero-order valence-electron chi connectivity index (χ0n) is 9.89. The predicted molar refractivity (Wildman–Crippen MR) is 77.1 cm³/mol. The third kappa shape index (κ3) is 1.64. The van der Waals surface area contributed by atoms with Gasteiger partial charge >= 0.3 is 0 Å². The molecule has 0 saturated carbocycles. The zero-order chi connectivity index (χ0) is 12.8. The summed E-state index contributed by atoms with van der Waals surface area (Å²) in [6.45, 7) is 0.605. The molecular weight excluding hydrogens is 280 g/mol. The van der Waals surface area contributed by atoms with Crippen LogP contribution in [0, 0.1) is 0 Å². The Bertz CT molecular complexity index is 784. The molecule has 0 saturated heterocycles. The van der Waals surface area contributed by atoms with E-state index in [0.717, 1.165) is 33.7 Å². The molecule has 94 valence electrons. The fourth-order valence-electron chi connectivity index (χ4n) is 2.38. The number of aromatic nitrogens is 2. The van der Waals surface area contributed by atoms with E-state index in [-0.39, 0.29) is 0 Å². The Morgan fingerprint density at radius 1 is 1.21 bits per heavy atom. The highest BCUT2D eigenvalue weighted by atomic mass is 35.5. The molecule has 0 radical (unpaired) electrons. The van der Waals surface area contributed by atoms with Crippen LogP contribution in [0.4, 0.5) is 0 Å². The van der Waals surface area contributed by atoms with E-state index in [1.165, 1.54) is 11.0 Å². The van der Waals surface area contributed by atoms with E-state index in [1.54, 1.807) is 11.3 Å². The molecule has 0 atom stereocenters. The summed E-state index contributed by atoms with van der Waals surface area (Å²) in [7, 11) is 0. The molecule has 5 heteroatoms. The second kappa shape index (κ2) is 4.18. The van der Waals surface area contributed by atoms with Crippen molar-refractivity contribution in [1.29, 1.82) is 0 Å². The molecule has 3 aromatic rings. The van der Waals surface area contributed by atoms with Gasteiger partial charge in [-0.05, 0) is 12.1 Å². The lowest BCUT2D eigenvalue weighted by molar-refractivity contribution is 0.331. The number of fused-ring (bicyclic) bond motifs is 5. The van der Waals surface area contributed by atoms with Crippen molar-refractivity contribution in [2.75, 3.05) is 6.61 Å². The van der Waals surface area contributed by atoms with Crippen LogP contribution in [0.15, 0.2) is 30.6 Å². The summed E-state index contributed by atoms with van der Waals surface area (Å²) in [6, 6.07) is 8.24. The first-order valence-electron chi connectivity index (χ1n) is 5.98. The highest BCUT2D eigenvalue weighted by Gasteiger charge is 2.23. The van der Waals surface area contributed by atoms with Crippen LogP contribution in [0.3, 0.4) is 0 Å². The number of nitrogens with zero attached hydrogens (tertiary/aromatic N) is 2. The molecule has 0 unspecified atom stereocenters. The molecule has 0 aliphatic carbocycles. The van der Waals surface area contributed by atoms with E-state index in [0.29, 0.717) is 11.8 Å². The smallest absolute Gasteiger partial charge is 0.147 e. The van der Waals surface area contributed by atoms with Gasteiger partial charge in [0.25, 0.3) is 0 Å². The topological polar surface area (TPSA) is 35.0 Å². The van der Waals surface area contributed by atoms with Gasteiger partial charge in [0.15, 0.2) is 0 Å². The summed E-state index contributed by atoms with van der Waals surface area (Å²) in [5, 5.41) is 1.67. The number of halogens is 1. The van der Waals surface area contributed by atoms with Crippen LogP contribution in [-0.4, -0.2) is 16.6 Å². The first kappa shape index (κ1) is 11.2. The number of thiophene rings is 1. The number of hydrogen-bond acceptors (Lipinski definition) is 4. The highest BCUT2D eigenvalue weighted by Crippen LogP contribution is 2.46. The maximum atomic E-state index is 6.18. The minimum atomic E-state index is 0.527. The second-order valence-electron chi connectivity index (χ2n) is 4.35. The van der Waals surface area contributed by atoms with Crippen molar-refractivity contribution in [2.45, 2.75) is 6.42 Å². The van der Waals surface area contributed by atoms with Crippen molar-refractivity contribution in [3.8, 4) is 16.3 Å². The Labute approximate surface area is 118 Å². The Morgan fingerprint density at radius 2 is 2.11 bits per heavy atom. The largest absolute Gasteiger partial charge is 0.491 e. The summed E-state index contributed by atoms with van der Waals surface area (Å²) in [6.07, 6.45) is 2.26. The Morgan fingerprint density at radius 3 is 3.05 bits per heavy atom. The number of rotatable bonds is 0. The molecule has 1 aliphatic rings. The number of benzene rings is 1. The van der Waals surface area contributed by atoms with Crippen LogP contribution in [0.2, 0.25) is 5.15 Å². The Kier molecular flexibility index (Phi) is 2.47. The summed E-state index contributed by atoms with van der Waals surface area (Å²) in [5.74, 6) is 0.925. The van der Waals surface area contributed by atoms with Gasteiger partial charge < -0.3 is 4.74 Å². The van der Waals surface area contributed by atoms with Crippen molar-refractivity contribution in [1.82, 2.24) is 9.97 Å². The van der Waals surface area contributed by atoms with Crippen LogP contribution in [0.1, 0.15) is 5.56 Å². The van der Waals surface area contributed by atoms with E-state index < -0.39 is 0 Å². The fourth-order valence-corrected chi connectivity index (χ4v) is 3.78. The van der Waals surface area contributed by atoms with Crippen LogP contribution < -0.4 is 4.74 Å². The standard InChI is InChI=1S/C14H9ClN2OS/c15-14-9-5-6-18-12-8-3-1-2-4-10(8)19-13(12)11(9)16-7-17-14/h1-4,7H,5-6H2. The maximum Gasteiger partial charge on any atom is 0.147 e. The van der Waals surface area contributed by atoms with Crippen LogP contribution in [-0.2, 0) is 6.42 Å². The van der Waals surface area contributed by atoms with Gasteiger partial charge in [0.1, 0.15) is 17.2 Å². The van der Waals surface area contributed by atoms with Gasteiger partial charge in [-0.15, -0.1) is 11.3 Å². The van der Waals surface area contributed by atoms with Crippen molar-refractivity contribution in [3.63, 3.8) is 0 Å². The predicted octanol–water partition coefficient (Wildman–Crippen LogP) is 3.95. The lowest BCUT2D eigenvalue weighted by Crippen LogP contribution is -2.00. The molecule has 0 fully saturated rings. The average molecular weight is 289 g/mol. The van der Waals surface area contributed by atoms with Gasteiger partial charge in [-0.25, -0.2) is 9.97 Å². The first-order valence-corrected chi connectivity index (χ1v) is 7.18. The first-order chi connectivity index (χ1) is 9.34. The molecule has 0 spiro atoms. The second-order valence-corrected chi connectivity index (χ2v) is 5.76. The minimum Gasteiger partial charge on any atom is -0.491 e. The van der Waals surface area contributed by atoms with Crippen molar-refractivity contribution < 1.29 is 4.74 Å². The Balaban J connectivity index is 2.09. The van der Waals surface area contributed by atoms with Gasteiger partial charge in [-0.1, -0.05) is 23.7 Å². The van der Waals surface area contributed by atoms with E-state index in [1.807, 2.05) is 12.1 Å². The molecule has 0 N–H and O–H groups in total. The maximum absolute atomic E-state index is 6.18. The van der Waals surface area contributed by atoms with E-state index in [9.17, 15) is 0 Å². The monoisotopic (exact) mass is 288 g/mol. The van der Waals surface area contributed by atoms with E-state index >= 15 is 0 Å². The summed E-state index contributed by atoms with van der Waals surface area (Å²) in [5.41, 5.74) is 1.89. The minimum absolute atomic E-state index is 0.527. The third-order valence-electron chi connectivity index (χ3n) is 3.26. The van der Waals surface area contributed by atoms with Gasteiger partial charge in [-0.2, -0.15) is 0 Å². The molecule has 0 amide bonds. The van der Waals surface area contributed by atoms with Gasteiger partial charge in [0, 0.05) is 22.1 Å². The Hall–Kier alpha value is -1.65. The number of hydrogen-bond donors (Lipinski definition) is 0. The summed E-state index contributed by atoms with van der Waals surface area (Å²) < 4.78 is 7.13. The molecule has 2 aromatic heterocycles. The van der Waals surface area contributed by atoms with Crippen LogP contribution >= 0.6 is 22.9 Å². The lowest BCUT2D eigenvalue weighted by Gasteiger charge is -2.03. The average Bonchev–Trinajstić information content (AvgIpc) is 2.69. The van der Waals surface area contributed by atoms with Crippen LogP contribution in [0.25, 0.3) is 20.7 Å². The summed E-state index contributed by atoms with van der Waals surface area (Å²) >= 11 is 7.87. The lowest BCUT2D eigenvalue weighted by atomic mass is 10.1. The molecule has 1 aromatic carbocycles. The molecule has 0 bridgehead atoms. The number of ether oxygens (including phenoxy) is 1. The molecule has 4 rings (SSSR count).